The molecule has 0 spiro atoms. The Kier molecular flexibility index (Phi) is 5.95. The van der Waals surface area contributed by atoms with Gasteiger partial charge in [-0.25, -0.2) is 0 Å². The lowest BCUT2D eigenvalue weighted by Crippen LogP contribution is -2.05. The normalized spacial score (nSPS) is 11.1. The van der Waals surface area contributed by atoms with E-state index in [0.717, 1.165) is 44.7 Å². The third-order valence-electron chi connectivity index (χ3n) is 5.89. The Hall–Kier alpha value is -4.19. The van der Waals surface area contributed by atoms with Gasteiger partial charge in [-0.1, -0.05) is 36.4 Å². The first-order valence-electron chi connectivity index (χ1n) is 11.3. The number of hydrogen-bond acceptors (Lipinski definition) is 5. The highest BCUT2D eigenvalue weighted by atomic mass is 16.1. The average molecular weight is 448 g/mol. The zero-order chi connectivity index (χ0) is 23.5. The molecule has 0 atom stereocenters. The number of hydrogen-bond donors (Lipinski definition) is 0. The van der Waals surface area contributed by atoms with E-state index in [1.807, 2.05) is 73.4 Å². The minimum absolute atomic E-state index is 0.0603. The Morgan fingerprint density at radius 2 is 1.74 bits per heavy atom. The van der Waals surface area contributed by atoms with Gasteiger partial charge >= 0.3 is 0 Å². The Morgan fingerprint density at radius 1 is 0.882 bits per heavy atom. The summed E-state index contributed by atoms with van der Waals surface area (Å²) in [5.41, 5.74) is 7.23. The van der Waals surface area contributed by atoms with Crippen molar-refractivity contribution in [1.82, 2.24) is 24.7 Å². The summed E-state index contributed by atoms with van der Waals surface area (Å²) < 4.78 is 1.95. The fraction of sp³-hybridized carbons (Fsp3) is 0.179. The van der Waals surface area contributed by atoms with Gasteiger partial charge in [-0.05, 0) is 49.6 Å². The van der Waals surface area contributed by atoms with Gasteiger partial charge in [0, 0.05) is 41.5 Å². The molecular weight excluding hydrogens is 422 g/mol. The van der Waals surface area contributed by atoms with Crippen LogP contribution < -0.4 is 0 Å². The summed E-state index contributed by atoms with van der Waals surface area (Å²) in [5.74, 6) is 0.0603. The van der Waals surface area contributed by atoms with E-state index < -0.39 is 0 Å². The van der Waals surface area contributed by atoms with Crippen molar-refractivity contribution in [2.24, 2.45) is 0 Å². The lowest BCUT2D eigenvalue weighted by molar-refractivity contribution is 0.0982. The van der Waals surface area contributed by atoms with E-state index >= 15 is 0 Å². The van der Waals surface area contributed by atoms with Crippen molar-refractivity contribution in [2.75, 3.05) is 0 Å². The quantitative estimate of drug-likeness (QED) is 0.314. The van der Waals surface area contributed by atoms with Gasteiger partial charge in [0.25, 0.3) is 0 Å². The number of carbonyl (C=O) groups is 1. The van der Waals surface area contributed by atoms with Crippen molar-refractivity contribution in [3.63, 3.8) is 0 Å². The van der Waals surface area contributed by atoms with E-state index in [9.17, 15) is 4.79 Å². The largest absolute Gasteiger partial charge is 0.294 e. The van der Waals surface area contributed by atoms with Gasteiger partial charge in [-0.15, -0.1) is 0 Å². The van der Waals surface area contributed by atoms with Crippen LogP contribution in [-0.4, -0.2) is 30.5 Å². The number of Topliss-reactive ketones (excluding diaryl/α,β-unsaturated/α-hetero) is 1. The standard InChI is InChI=1S/C28H25N5O/c1-19-8-10-26(31-14-19)24-12-22(28(34)11-9-23-16-29-20(2)15-30-23)13-27-25(24)17-32-33(27)18-21-6-4-3-5-7-21/h3-8,10,12-17H,9,11,18H2,1-2H3. The summed E-state index contributed by atoms with van der Waals surface area (Å²) in [6.07, 6.45) is 8.09. The highest BCUT2D eigenvalue weighted by Crippen LogP contribution is 2.30. The third kappa shape index (κ3) is 4.62. The van der Waals surface area contributed by atoms with Crippen molar-refractivity contribution in [2.45, 2.75) is 33.2 Å². The molecule has 0 saturated heterocycles. The summed E-state index contributed by atoms with van der Waals surface area (Å²) in [7, 11) is 0. The van der Waals surface area contributed by atoms with Crippen LogP contribution >= 0.6 is 0 Å². The fourth-order valence-electron chi connectivity index (χ4n) is 3.99. The van der Waals surface area contributed by atoms with Crippen LogP contribution in [-0.2, 0) is 13.0 Å². The van der Waals surface area contributed by atoms with Crippen LogP contribution in [0.2, 0.25) is 0 Å². The van der Waals surface area contributed by atoms with Crippen molar-refractivity contribution < 1.29 is 4.79 Å². The maximum atomic E-state index is 13.3. The number of nitrogens with zero attached hydrogens (tertiary/aromatic N) is 5. The molecule has 6 heteroatoms. The predicted molar refractivity (Wildman–Crippen MR) is 133 cm³/mol. The molecule has 5 aromatic rings. The summed E-state index contributed by atoms with van der Waals surface area (Å²) in [5, 5.41) is 5.64. The second kappa shape index (κ2) is 9.35. The molecular formula is C28H25N5O. The highest BCUT2D eigenvalue weighted by molar-refractivity contribution is 6.04. The van der Waals surface area contributed by atoms with Crippen LogP contribution in [0.4, 0.5) is 0 Å². The second-order valence-corrected chi connectivity index (χ2v) is 8.54. The Labute approximate surface area is 198 Å². The van der Waals surface area contributed by atoms with E-state index in [1.54, 1.807) is 12.4 Å². The Balaban J connectivity index is 1.53. The lowest BCUT2D eigenvalue weighted by atomic mass is 9.98. The maximum absolute atomic E-state index is 13.3. The smallest absolute Gasteiger partial charge is 0.163 e. The number of benzene rings is 2. The number of rotatable bonds is 7. The molecule has 2 aromatic carbocycles. The van der Waals surface area contributed by atoms with E-state index in [1.165, 1.54) is 0 Å². The summed E-state index contributed by atoms with van der Waals surface area (Å²) >= 11 is 0. The number of carbonyl (C=O) groups excluding carboxylic acids is 1. The number of aromatic nitrogens is 5. The van der Waals surface area contributed by atoms with Crippen LogP contribution in [0.15, 0.2) is 79.4 Å². The molecule has 0 aliphatic rings. The molecule has 3 heterocycles. The van der Waals surface area contributed by atoms with Crippen LogP contribution in [0, 0.1) is 13.8 Å². The van der Waals surface area contributed by atoms with Gasteiger partial charge in [0.1, 0.15) is 0 Å². The molecule has 0 N–H and O–H groups in total. The van der Waals surface area contributed by atoms with Crippen molar-refractivity contribution in [3.05, 3.63) is 107 Å². The predicted octanol–water partition coefficient (Wildman–Crippen LogP) is 5.37. The first-order valence-corrected chi connectivity index (χ1v) is 11.3. The summed E-state index contributed by atoms with van der Waals surface area (Å²) in [6, 6.07) is 18.1. The van der Waals surface area contributed by atoms with Crippen LogP contribution in [0.3, 0.4) is 0 Å². The molecule has 0 radical (unpaired) electrons. The van der Waals surface area contributed by atoms with Gasteiger partial charge in [-0.2, -0.15) is 5.10 Å². The van der Waals surface area contributed by atoms with Crippen molar-refractivity contribution >= 4 is 16.7 Å². The van der Waals surface area contributed by atoms with E-state index in [-0.39, 0.29) is 5.78 Å². The number of pyridine rings is 1. The van der Waals surface area contributed by atoms with Gasteiger partial charge in [0.15, 0.2) is 5.78 Å². The van der Waals surface area contributed by atoms with Crippen molar-refractivity contribution in [1.29, 1.82) is 0 Å². The van der Waals surface area contributed by atoms with Gasteiger partial charge < -0.3 is 0 Å². The second-order valence-electron chi connectivity index (χ2n) is 8.54. The lowest BCUT2D eigenvalue weighted by Gasteiger charge is -2.10. The molecule has 168 valence electrons. The third-order valence-corrected chi connectivity index (χ3v) is 5.89. The van der Waals surface area contributed by atoms with Crippen molar-refractivity contribution in [3.8, 4) is 11.3 Å². The maximum Gasteiger partial charge on any atom is 0.163 e. The topological polar surface area (TPSA) is 73.6 Å². The number of fused-ring (bicyclic) bond motifs is 1. The minimum atomic E-state index is 0.0603. The molecule has 6 nitrogen and oxygen atoms in total. The summed E-state index contributed by atoms with van der Waals surface area (Å²) in [4.78, 5) is 26.6. The van der Waals surface area contributed by atoms with E-state index in [4.69, 9.17) is 0 Å². The van der Waals surface area contributed by atoms with Crippen LogP contribution in [0.1, 0.15) is 39.3 Å². The molecule has 0 unspecified atom stereocenters. The molecule has 0 aliphatic carbocycles. The first-order chi connectivity index (χ1) is 16.6. The molecule has 0 saturated carbocycles. The molecule has 0 aliphatic heterocycles. The average Bonchev–Trinajstić information content (AvgIpc) is 3.26. The zero-order valence-corrected chi connectivity index (χ0v) is 19.3. The first kappa shape index (κ1) is 21.6. The van der Waals surface area contributed by atoms with E-state index in [2.05, 4.69) is 32.2 Å². The Morgan fingerprint density at radius 3 is 2.47 bits per heavy atom. The molecule has 0 bridgehead atoms. The van der Waals surface area contributed by atoms with Gasteiger partial charge in [0.05, 0.1) is 35.3 Å². The fourth-order valence-corrected chi connectivity index (χ4v) is 3.99. The minimum Gasteiger partial charge on any atom is -0.294 e. The SMILES string of the molecule is Cc1ccc(-c2cc(C(=O)CCc3cnc(C)cn3)cc3c2cnn3Cc2ccccc2)nc1. The Bertz CT molecular complexity index is 1440. The molecule has 0 fully saturated rings. The molecule has 3 aromatic heterocycles. The highest BCUT2D eigenvalue weighted by Gasteiger charge is 2.16. The molecule has 0 amide bonds. The molecule has 5 rings (SSSR count). The van der Waals surface area contributed by atoms with Crippen LogP contribution in [0.5, 0.6) is 0 Å². The van der Waals surface area contributed by atoms with Crippen LogP contribution in [0.25, 0.3) is 22.2 Å². The summed E-state index contributed by atoms with van der Waals surface area (Å²) in [6.45, 7) is 4.54. The van der Waals surface area contributed by atoms with E-state index in [0.29, 0.717) is 24.9 Å². The van der Waals surface area contributed by atoms with Gasteiger partial charge in [-0.3, -0.25) is 24.4 Å². The zero-order valence-electron chi connectivity index (χ0n) is 19.3. The monoisotopic (exact) mass is 447 g/mol. The number of aryl methyl sites for hydroxylation is 3. The van der Waals surface area contributed by atoms with Gasteiger partial charge in [0.2, 0.25) is 0 Å². The molecule has 34 heavy (non-hydrogen) atoms. The number of ketones is 1.